The summed E-state index contributed by atoms with van der Waals surface area (Å²) in [6.07, 6.45) is 1.69. The van der Waals surface area contributed by atoms with Crippen LogP contribution in [0.3, 0.4) is 0 Å². The van der Waals surface area contributed by atoms with E-state index in [1.54, 1.807) is 14.2 Å². The molecule has 1 fully saturated rings. The Kier molecular flexibility index (Phi) is 4.98. The van der Waals surface area contributed by atoms with Crippen molar-refractivity contribution in [1.82, 2.24) is 9.62 Å². The van der Waals surface area contributed by atoms with E-state index in [2.05, 4.69) is 5.32 Å². The van der Waals surface area contributed by atoms with E-state index in [4.69, 9.17) is 4.74 Å². The van der Waals surface area contributed by atoms with Crippen molar-refractivity contribution in [3.05, 3.63) is 0 Å². The second kappa shape index (κ2) is 5.79. The number of rotatable bonds is 5. The van der Waals surface area contributed by atoms with Crippen molar-refractivity contribution in [1.29, 1.82) is 0 Å². The highest BCUT2D eigenvalue weighted by Crippen LogP contribution is 2.14. The van der Waals surface area contributed by atoms with Crippen LogP contribution in [0.25, 0.3) is 0 Å². The SMILES string of the molecule is COCCN(C)S(=O)(=O)[C@@H]1CCCNC1. The van der Waals surface area contributed by atoms with Crippen LogP contribution in [0.15, 0.2) is 0 Å². The van der Waals surface area contributed by atoms with Gasteiger partial charge in [0.1, 0.15) is 0 Å². The topological polar surface area (TPSA) is 58.6 Å². The molecule has 1 saturated heterocycles. The standard InChI is InChI=1S/C9H20N2O3S/c1-11(6-7-14-2)15(12,13)9-4-3-5-10-8-9/h9-10H,3-8H2,1-2H3/t9-/m1/s1. The second-order valence-electron chi connectivity index (χ2n) is 3.83. The molecule has 0 aromatic rings. The quantitative estimate of drug-likeness (QED) is 0.708. The summed E-state index contributed by atoms with van der Waals surface area (Å²) in [6.45, 7) is 2.36. The molecular weight excluding hydrogens is 216 g/mol. The number of likely N-dealkylation sites (N-methyl/N-ethyl adjacent to an activating group) is 1. The van der Waals surface area contributed by atoms with E-state index >= 15 is 0 Å². The molecule has 1 heterocycles. The van der Waals surface area contributed by atoms with Crippen LogP contribution in [0.2, 0.25) is 0 Å². The molecule has 0 aliphatic carbocycles. The molecule has 90 valence electrons. The van der Waals surface area contributed by atoms with Gasteiger partial charge in [0.2, 0.25) is 10.0 Å². The average Bonchev–Trinajstić information content (AvgIpc) is 2.27. The maximum absolute atomic E-state index is 12.0. The average molecular weight is 236 g/mol. The van der Waals surface area contributed by atoms with E-state index < -0.39 is 10.0 Å². The van der Waals surface area contributed by atoms with E-state index in [1.165, 1.54) is 4.31 Å². The molecule has 0 radical (unpaired) electrons. The fourth-order valence-corrected chi connectivity index (χ4v) is 3.31. The molecule has 1 rings (SSSR count). The Balaban J connectivity index is 2.55. The van der Waals surface area contributed by atoms with Crippen molar-refractivity contribution >= 4 is 10.0 Å². The summed E-state index contributed by atoms with van der Waals surface area (Å²) in [5, 5.41) is 2.84. The van der Waals surface area contributed by atoms with Crippen LogP contribution in [0.4, 0.5) is 0 Å². The third-order valence-electron chi connectivity index (χ3n) is 2.72. The molecule has 15 heavy (non-hydrogen) atoms. The van der Waals surface area contributed by atoms with Crippen LogP contribution in [-0.4, -0.2) is 58.4 Å². The van der Waals surface area contributed by atoms with Crippen molar-refractivity contribution < 1.29 is 13.2 Å². The number of piperidine rings is 1. The lowest BCUT2D eigenvalue weighted by atomic mass is 10.2. The van der Waals surface area contributed by atoms with Gasteiger partial charge in [0.05, 0.1) is 11.9 Å². The zero-order chi connectivity index (χ0) is 11.3. The summed E-state index contributed by atoms with van der Waals surface area (Å²) < 4.78 is 30.3. The maximum Gasteiger partial charge on any atom is 0.218 e. The number of nitrogens with zero attached hydrogens (tertiary/aromatic N) is 1. The molecule has 1 atom stereocenters. The first-order chi connectivity index (χ1) is 7.09. The van der Waals surface area contributed by atoms with Crippen LogP contribution < -0.4 is 5.32 Å². The minimum Gasteiger partial charge on any atom is -0.383 e. The van der Waals surface area contributed by atoms with Gasteiger partial charge in [-0.1, -0.05) is 0 Å². The second-order valence-corrected chi connectivity index (χ2v) is 6.15. The zero-order valence-corrected chi connectivity index (χ0v) is 10.2. The minimum atomic E-state index is -3.14. The highest BCUT2D eigenvalue weighted by atomic mass is 32.2. The van der Waals surface area contributed by atoms with E-state index in [9.17, 15) is 8.42 Å². The minimum absolute atomic E-state index is 0.270. The lowest BCUT2D eigenvalue weighted by Crippen LogP contribution is -2.45. The molecule has 0 saturated carbocycles. The van der Waals surface area contributed by atoms with E-state index in [-0.39, 0.29) is 5.25 Å². The Hall–Kier alpha value is -0.170. The van der Waals surface area contributed by atoms with Crippen molar-refractivity contribution in [3.8, 4) is 0 Å². The number of ether oxygens (including phenoxy) is 1. The summed E-state index contributed by atoms with van der Waals surface area (Å²) in [4.78, 5) is 0. The molecule has 0 bridgehead atoms. The first-order valence-electron chi connectivity index (χ1n) is 5.24. The summed E-state index contributed by atoms with van der Waals surface area (Å²) in [6, 6.07) is 0. The van der Waals surface area contributed by atoms with Gasteiger partial charge in [-0.2, -0.15) is 0 Å². The number of hydrogen-bond donors (Lipinski definition) is 1. The molecule has 1 N–H and O–H groups in total. The Labute approximate surface area is 91.8 Å². The number of methoxy groups -OCH3 is 1. The van der Waals surface area contributed by atoms with Crippen molar-refractivity contribution in [2.45, 2.75) is 18.1 Å². The summed E-state index contributed by atoms with van der Waals surface area (Å²) in [7, 11) is 0.0426. The zero-order valence-electron chi connectivity index (χ0n) is 9.40. The van der Waals surface area contributed by atoms with Gasteiger partial charge in [0, 0.05) is 27.2 Å². The third kappa shape index (κ3) is 3.41. The van der Waals surface area contributed by atoms with Gasteiger partial charge in [-0.25, -0.2) is 12.7 Å². The van der Waals surface area contributed by atoms with Crippen molar-refractivity contribution in [3.63, 3.8) is 0 Å². The van der Waals surface area contributed by atoms with Gasteiger partial charge < -0.3 is 10.1 Å². The third-order valence-corrected chi connectivity index (χ3v) is 5.01. The van der Waals surface area contributed by atoms with Crippen LogP contribution in [-0.2, 0) is 14.8 Å². The molecule has 0 aromatic carbocycles. The summed E-state index contributed by atoms with van der Waals surface area (Å²) in [5.41, 5.74) is 0. The predicted molar refractivity (Wildman–Crippen MR) is 59.3 cm³/mol. The Morgan fingerprint density at radius 1 is 1.53 bits per heavy atom. The fraction of sp³-hybridized carbons (Fsp3) is 1.00. The Morgan fingerprint density at radius 2 is 2.27 bits per heavy atom. The molecule has 0 amide bonds. The van der Waals surface area contributed by atoms with Gasteiger partial charge in [-0.15, -0.1) is 0 Å². The summed E-state index contributed by atoms with van der Waals surface area (Å²) in [5.74, 6) is 0. The highest BCUT2D eigenvalue weighted by Gasteiger charge is 2.30. The van der Waals surface area contributed by atoms with Gasteiger partial charge in [0.15, 0.2) is 0 Å². The van der Waals surface area contributed by atoms with Crippen LogP contribution in [0, 0.1) is 0 Å². The molecule has 5 nitrogen and oxygen atoms in total. The van der Waals surface area contributed by atoms with Crippen LogP contribution >= 0.6 is 0 Å². The van der Waals surface area contributed by atoms with Crippen molar-refractivity contribution in [2.24, 2.45) is 0 Å². The largest absolute Gasteiger partial charge is 0.383 e. The van der Waals surface area contributed by atoms with Gasteiger partial charge in [0.25, 0.3) is 0 Å². The fourth-order valence-electron chi connectivity index (χ4n) is 1.68. The van der Waals surface area contributed by atoms with E-state index in [0.29, 0.717) is 19.7 Å². The molecular formula is C9H20N2O3S. The number of hydrogen-bond acceptors (Lipinski definition) is 4. The van der Waals surface area contributed by atoms with Crippen LogP contribution in [0.5, 0.6) is 0 Å². The molecule has 1 aliphatic heterocycles. The Bertz CT molecular complexity index is 273. The highest BCUT2D eigenvalue weighted by molar-refractivity contribution is 7.89. The molecule has 6 heteroatoms. The monoisotopic (exact) mass is 236 g/mol. The maximum atomic E-state index is 12.0. The lowest BCUT2D eigenvalue weighted by Gasteiger charge is -2.27. The smallest absolute Gasteiger partial charge is 0.218 e. The molecule has 0 spiro atoms. The lowest BCUT2D eigenvalue weighted by molar-refractivity contribution is 0.184. The molecule has 1 aliphatic rings. The van der Waals surface area contributed by atoms with E-state index in [1.807, 2.05) is 0 Å². The Morgan fingerprint density at radius 3 is 2.80 bits per heavy atom. The first-order valence-corrected chi connectivity index (χ1v) is 6.74. The van der Waals surface area contributed by atoms with Crippen molar-refractivity contribution in [2.75, 3.05) is 40.4 Å². The van der Waals surface area contributed by atoms with Crippen LogP contribution in [0.1, 0.15) is 12.8 Å². The number of nitrogens with one attached hydrogen (secondary N) is 1. The van der Waals surface area contributed by atoms with Gasteiger partial charge in [-0.05, 0) is 19.4 Å². The van der Waals surface area contributed by atoms with E-state index in [0.717, 1.165) is 19.4 Å². The first kappa shape index (κ1) is 12.9. The number of sulfonamides is 1. The molecule has 0 aromatic heterocycles. The molecule has 0 unspecified atom stereocenters. The van der Waals surface area contributed by atoms with Gasteiger partial charge >= 0.3 is 0 Å². The van der Waals surface area contributed by atoms with Gasteiger partial charge in [-0.3, -0.25) is 0 Å². The predicted octanol–water partition coefficient (Wildman–Crippen LogP) is -0.354. The normalized spacial score (nSPS) is 23.3. The summed E-state index contributed by atoms with van der Waals surface area (Å²) >= 11 is 0.